The van der Waals surface area contributed by atoms with Crippen molar-refractivity contribution in [2.75, 3.05) is 6.61 Å². The molecule has 0 saturated heterocycles. The van der Waals surface area contributed by atoms with Crippen molar-refractivity contribution in [1.82, 2.24) is 5.43 Å². The lowest BCUT2D eigenvalue weighted by atomic mass is 10.0. The van der Waals surface area contributed by atoms with Crippen LogP contribution in [0.2, 0.25) is 0 Å². The van der Waals surface area contributed by atoms with Crippen LogP contribution in [0.25, 0.3) is 0 Å². The monoisotopic (exact) mass is 254 g/mol. The summed E-state index contributed by atoms with van der Waals surface area (Å²) in [5, 5.41) is 0. The molecular formula is C13H16F2N2O. The molecule has 1 unspecified atom stereocenters. The van der Waals surface area contributed by atoms with E-state index in [1.54, 1.807) is 0 Å². The number of allylic oxidation sites excluding steroid dienone is 1. The van der Waals surface area contributed by atoms with Crippen LogP contribution in [0.15, 0.2) is 30.0 Å². The molecule has 0 aromatic heterocycles. The maximum atomic E-state index is 13.1. The van der Waals surface area contributed by atoms with E-state index in [0.717, 1.165) is 24.7 Å². The predicted octanol–water partition coefficient (Wildman–Crippen LogP) is 2.03. The van der Waals surface area contributed by atoms with Crippen molar-refractivity contribution in [2.24, 2.45) is 5.84 Å². The molecule has 18 heavy (non-hydrogen) atoms. The molecule has 5 heteroatoms. The first-order valence-electron chi connectivity index (χ1n) is 5.93. The first-order valence-corrected chi connectivity index (χ1v) is 5.93. The standard InChI is InChI=1S/C13H16F2N2O/c14-10-5-9(6-11(15)8-10)7-12(17-16)13-3-1-2-4-18-13/h3,5-6,8,12,17H,1-2,4,7,16H2. The van der Waals surface area contributed by atoms with Crippen molar-refractivity contribution in [1.29, 1.82) is 0 Å². The van der Waals surface area contributed by atoms with Gasteiger partial charge in [0, 0.05) is 6.07 Å². The lowest BCUT2D eigenvalue weighted by Crippen LogP contribution is -2.39. The van der Waals surface area contributed by atoms with Gasteiger partial charge in [0.05, 0.1) is 12.6 Å². The van der Waals surface area contributed by atoms with Crippen molar-refractivity contribution in [3.05, 3.63) is 47.2 Å². The predicted molar refractivity (Wildman–Crippen MR) is 64.4 cm³/mol. The lowest BCUT2D eigenvalue weighted by Gasteiger charge is -2.23. The van der Waals surface area contributed by atoms with E-state index in [4.69, 9.17) is 10.6 Å². The van der Waals surface area contributed by atoms with Gasteiger partial charge in [0.2, 0.25) is 0 Å². The lowest BCUT2D eigenvalue weighted by molar-refractivity contribution is 0.167. The highest BCUT2D eigenvalue weighted by Crippen LogP contribution is 2.18. The van der Waals surface area contributed by atoms with Gasteiger partial charge < -0.3 is 4.74 Å². The number of ether oxygens (including phenoxy) is 1. The smallest absolute Gasteiger partial charge is 0.126 e. The minimum Gasteiger partial charge on any atom is -0.497 e. The van der Waals surface area contributed by atoms with Crippen molar-refractivity contribution in [2.45, 2.75) is 25.3 Å². The van der Waals surface area contributed by atoms with Crippen LogP contribution in [-0.4, -0.2) is 12.6 Å². The van der Waals surface area contributed by atoms with Crippen LogP contribution < -0.4 is 11.3 Å². The summed E-state index contributed by atoms with van der Waals surface area (Å²) in [5.74, 6) is 5.05. The summed E-state index contributed by atoms with van der Waals surface area (Å²) >= 11 is 0. The minimum absolute atomic E-state index is 0.258. The van der Waals surface area contributed by atoms with Crippen LogP contribution in [0, 0.1) is 11.6 Å². The highest BCUT2D eigenvalue weighted by molar-refractivity contribution is 5.21. The molecule has 3 N–H and O–H groups in total. The van der Waals surface area contributed by atoms with E-state index in [1.807, 2.05) is 6.08 Å². The van der Waals surface area contributed by atoms with E-state index in [-0.39, 0.29) is 6.04 Å². The van der Waals surface area contributed by atoms with Crippen LogP contribution in [-0.2, 0) is 11.2 Å². The van der Waals surface area contributed by atoms with Gasteiger partial charge in [-0.2, -0.15) is 0 Å². The fraction of sp³-hybridized carbons (Fsp3) is 0.385. The number of rotatable bonds is 4. The number of nitrogens with one attached hydrogen (secondary N) is 1. The Labute approximate surface area is 105 Å². The van der Waals surface area contributed by atoms with Crippen LogP contribution >= 0.6 is 0 Å². The third-order valence-corrected chi connectivity index (χ3v) is 2.87. The second kappa shape index (κ2) is 5.93. The first-order chi connectivity index (χ1) is 8.69. The molecule has 0 bridgehead atoms. The van der Waals surface area contributed by atoms with Crippen molar-refractivity contribution < 1.29 is 13.5 Å². The number of hydrogen-bond donors (Lipinski definition) is 2. The molecule has 1 aromatic rings. The third kappa shape index (κ3) is 3.27. The fourth-order valence-corrected chi connectivity index (χ4v) is 2.03. The van der Waals surface area contributed by atoms with Crippen LogP contribution in [0.4, 0.5) is 8.78 Å². The fourth-order valence-electron chi connectivity index (χ4n) is 2.03. The quantitative estimate of drug-likeness (QED) is 0.638. The average molecular weight is 254 g/mol. The molecule has 1 aromatic carbocycles. The second-order valence-electron chi connectivity index (χ2n) is 4.30. The topological polar surface area (TPSA) is 47.3 Å². The Morgan fingerprint density at radius 3 is 2.56 bits per heavy atom. The highest BCUT2D eigenvalue weighted by Gasteiger charge is 2.17. The van der Waals surface area contributed by atoms with Crippen molar-refractivity contribution in [3.63, 3.8) is 0 Å². The molecule has 3 nitrogen and oxygen atoms in total. The maximum Gasteiger partial charge on any atom is 0.126 e. The summed E-state index contributed by atoms with van der Waals surface area (Å²) in [6.45, 7) is 0.654. The number of hydrogen-bond acceptors (Lipinski definition) is 3. The average Bonchev–Trinajstić information content (AvgIpc) is 2.36. The molecule has 98 valence electrons. The van der Waals surface area contributed by atoms with Crippen LogP contribution in [0.1, 0.15) is 18.4 Å². The van der Waals surface area contributed by atoms with E-state index in [0.29, 0.717) is 18.6 Å². The molecular weight excluding hydrogens is 238 g/mol. The summed E-state index contributed by atoms with van der Waals surface area (Å²) in [7, 11) is 0. The Balaban J connectivity index is 2.12. The Bertz CT molecular complexity index is 428. The molecule has 1 aliphatic heterocycles. The summed E-state index contributed by atoms with van der Waals surface area (Å²) in [5.41, 5.74) is 3.17. The molecule has 0 saturated carbocycles. The summed E-state index contributed by atoms with van der Waals surface area (Å²) < 4.78 is 31.7. The normalized spacial score (nSPS) is 16.9. The summed E-state index contributed by atoms with van der Waals surface area (Å²) in [6, 6.07) is 3.20. The van der Waals surface area contributed by atoms with E-state index in [1.165, 1.54) is 12.1 Å². The van der Waals surface area contributed by atoms with Gasteiger partial charge in [0.15, 0.2) is 0 Å². The molecule has 0 spiro atoms. The van der Waals surface area contributed by atoms with Crippen LogP contribution in [0.3, 0.4) is 0 Å². The zero-order chi connectivity index (χ0) is 13.0. The molecule has 1 aliphatic rings. The number of hydrazine groups is 1. The Hall–Kier alpha value is -1.46. The van der Waals surface area contributed by atoms with Gasteiger partial charge in [-0.05, 0) is 43.0 Å². The van der Waals surface area contributed by atoms with Gasteiger partial charge in [-0.15, -0.1) is 0 Å². The van der Waals surface area contributed by atoms with Gasteiger partial charge in [0.25, 0.3) is 0 Å². The van der Waals surface area contributed by atoms with Gasteiger partial charge in [0.1, 0.15) is 17.4 Å². The van der Waals surface area contributed by atoms with E-state index < -0.39 is 11.6 Å². The summed E-state index contributed by atoms with van der Waals surface area (Å²) in [4.78, 5) is 0. The molecule has 0 amide bonds. The van der Waals surface area contributed by atoms with Gasteiger partial charge in [-0.3, -0.25) is 5.84 Å². The molecule has 0 fully saturated rings. The van der Waals surface area contributed by atoms with E-state index in [2.05, 4.69) is 5.43 Å². The zero-order valence-electron chi connectivity index (χ0n) is 9.96. The molecule has 0 radical (unpaired) electrons. The Kier molecular flexibility index (Phi) is 4.28. The van der Waals surface area contributed by atoms with Gasteiger partial charge in [-0.25, -0.2) is 14.2 Å². The van der Waals surface area contributed by atoms with E-state index >= 15 is 0 Å². The first kappa shape index (κ1) is 13.0. The van der Waals surface area contributed by atoms with E-state index in [9.17, 15) is 8.78 Å². The zero-order valence-corrected chi connectivity index (χ0v) is 9.96. The van der Waals surface area contributed by atoms with Crippen molar-refractivity contribution in [3.8, 4) is 0 Å². The van der Waals surface area contributed by atoms with Gasteiger partial charge >= 0.3 is 0 Å². The summed E-state index contributed by atoms with van der Waals surface area (Å²) in [6.07, 6.45) is 4.26. The Morgan fingerprint density at radius 2 is 2.00 bits per heavy atom. The largest absolute Gasteiger partial charge is 0.497 e. The number of halogens is 2. The van der Waals surface area contributed by atoms with Crippen LogP contribution in [0.5, 0.6) is 0 Å². The third-order valence-electron chi connectivity index (χ3n) is 2.87. The Morgan fingerprint density at radius 1 is 1.28 bits per heavy atom. The highest BCUT2D eigenvalue weighted by atomic mass is 19.1. The van der Waals surface area contributed by atoms with Gasteiger partial charge in [-0.1, -0.05) is 0 Å². The number of nitrogens with two attached hydrogens (primary N) is 1. The second-order valence-corrected chi connectivity index (χ2v) is 4.30. The molecule has 2 rings (SSSR count). The van der Waals surface area contributed by atoms with Crippen molar-refractivity contribution >= 4 is 0 Å². The maximum absolute atomic E-state index is 13.1. The molecule has 1 atom stereocenters. The molecule has 0 aliphatic carbocycles. The number of benzene rings is 1. The SMILES string of the molecule is NNC(Cc1cc(F)cc(F)c1)C1=CCCCO1. The molecule has 1 heterocycles. The minimum atomic E-state index is -0.584.